The first-order chi connectivity index (χ1) is 13.2. The van der Waals surface area contributed by atoms with Crippen LogP contribution in [-0.4, -0.2) is 25.1 Å². The molecule has 2 aromatic rings. The zero-order valence-electron chi connectivity index (χ0n) is 14.5. The van der Waals surface area contributed by atoms with Gasteiger partial charge in [0.05, 0.1) is 18.9 Å². The maximum Gasteiger partial charge on any atom is 0.416 e. The van der Waals surface area contributed by atoms with Crippen molar-refractivity contribution in [2.24, 2.45) is 5.10 Å². The molecule has 0 aliphatic carbocycles. The Labute approximate surface area is 166 Å². The van der Waals surface area contributed by atoms with Crippen molar-refractivity contribution in [3.8, 4) is 5.75 Å². The minimum Gasteiger partial charge on any atom is -0.496 e. The number of carbonyl (C=O) groups excluding carboxylic acids is 2. The van der Waals surface area contributed by atoms with Gasteiger partial charge in [0.2, 0.25) is 11.8 Å². The number of ether oxygens (including phenoxy) is 1. The molecule has 0 spiro atoms. The van der Waals surface area contributed by atoms with Crippen molar-refractivity contribution in [2.45, 2.75) is 12.6 Å². The summed E-state index contributed by atoms with van der Waals surface area (Å²) in [7, 11) is 1.48. The van der Waals surface area contributed by atoms with Crippen molar-refractivity contribution in [1.82, 2.24) is 5.43 Å². The molecule has 0 aromatic heterocycles. The second-order valence-corrected chi connectivity index (χ2v) is 6.40. The number of nitrogens with zero attached hydrogens (tertiary/aromatic N) is 1. The predicted molar refractivity (Wildman–Crippen MR) is 101 cm³/mol. The SMILES string of the molecule is COc1ccc(Br)cc1C=NNC(=O)CC(=O)Nc1cccc(C(F)(F)F)c1. The van der Waals surface area contributed by atoms with Gasteiger partial charge in [0, 0.05) is 15.7 Å². The van der Waals surface area contributed by atoms with Gasteiger partial charge in [0.15, 0.2) is 0 Å². The van der Waals surface area contributed by atoms with E-state index in [-0.39, 0.29) is 5.69 Å². The summed E-state index contributed by atoms with van der Waals surface area (Å²) in [4.78, 5) is 23.6. The van der Waals surface area contributed by atoms with Crippen molar-refractivity contribution >= 4 is 39.6 Å². The molecule has 2 amide bonds. The maximum absolute atomic E-state index is 12.7. The Bertz CT molecular complexity index is 901. The number of benzene rings is 2. The fraction of sp³-hybridized carbons (Fsp3) is 0.167. The summed E-state index contributed by atoms with van der Waals surface area (Å²) in [6.07, 6.45) is -3.80. The molecule has 10 heteroatoms. The highest BCUT2D eigenvalue weighted by Crippen LogP contribution is 2.30. The van der Waals surface area contributed by atoms with E-state index in [0.717, 1.165) is 22.7 Å². The zero-order valence-corrected chi connectivity index (χ0v) is 16.1. The minimum atomic E-state index is -4.53. The first kappa shape index (κ1) is 21.4. The highest BCUT2D eigenvalue weighted by atomic mass is 79.9. The van der Waals surface area contributed by atoms with Gasteiger partial charge in [0.1, 0.15) is 12.2 Å². The van der Waals surface area contributed by atoms with Crippen LogP contribution < -0.4 is 15.5 Å². The van der Waals surface area contributed by atoms with Gasteiger partial charge >= 0.3 is 6.18 Å². The summed E-state index contributed by atoms with van der Waals surface area (Å²) in [5.74, 6) is -0.967. The van der Waals surface area contributed by atoms with Crippen LogP contribution >= 0.6 is 15.9 Å². The van der Waals surface area contributed by atoms with Gasteiger partial charge in [0.25, 0.3) is 0 Å². The third kappa shape index (κ3) is 6.38. The molecule has 0 fully saturated rings. The highest BCUT2D eigenvalue weighted by Gasteiger charge is 2.30. The molecule has 0 unspecified atom stereocenters. The lowest BCUT2D eigenvalue weighted by molar-refractivity contribution is -0.137. The van der Waals surface area contributed by atoms with E-state index in [4.69, 9.17) is 4.74 Å². The molecule has 0 saturated heterocycles. The average Bonchev–Trinajstić information content (AvgIpc) is 2.61. The number of hydrogen-bond acceptors (Lipinski definition) is 4. The molecule has 0 saturated carbocycles. The summed E-state index contributed by atoms with van der Waals surface area (Å²) < 4.78 is 43.9. The molecule has 2 aromatic carbocycles. The molecule has 0 radical (unpaired) electrons. The molecule has 28 heavy (non-hydrogen) atoms. The van der Waals surface area contributed by atoms with Crippen LogP contribution in [0.5, 0.6) is 5.75 Å². The number of anilines is 1. The molecule has 0 atom stereocenters. The molecule has 0 heterocycles. The number of carbonyl (C=O) groups is 2. The smallest absolute Gasteiger partial charge is 0.416 e. The predicted octanol–water partition coefficient (Wildman–Crippen LogP) is 3.96. The maximum atomic E-state index is 12.7. The first-order valence-corrected chi connectivity index (χ1v) is 8.61. The molecule has 148 valence electrons. The number of methoxy groups -OCH3 is 1. The van der Waals surface area contributed by atoms with E-state index in [9.17, 15) is 22.8 Å². The fourth-order valence-electron chi connectivity index (χ4n) is 2.14. The van der Waals surface area contributed by atoms with Crippen LogP contribution in [0.1, 0.15) is 17.5 Å². The van der Waals surface area contributed by atoms with Crippen molar-refractivity contribution in [3.63, 3.8) is 0 Å². The van der Waals surface area contributed by atoms with Gasteiger partial charge in [-0.1, -0.05) is 22.0 Å². The number of amides is 2. The molecule has 0 aliphatic rings. The number of hydrazone groups is 1. The van der Waals surface area contributed by atoms with Crippen molar-refractivity contribution in [3.05, 3.63) is 58.1 Å². The minimum absolute atomic E-state index is 0.0602. The number of hydrogen-bond donors (Lipinski definition) is 2. The van der Waals surface area contributed by atoms with E-state index < -0.39 is 30.0 Å². The lowest BCUT2D eigenvalue weighted by atomic mass is 10.2. The van der Waals surface area contributed by atoms with Gasteiger partial charge in [-0.15, -0.1) is 0 Å². The molecule has 0 aliphatic heterocycles. The van der Waals surface area contributed by atoms with E-state index in [0.29, 0.717) is 11.3 Å². The normalized spacial score (nSPS) is 11.3. The standard InChI is InChI=1S/C18H15BrF3N3O3/c1-28-15-6-5-13(19)7-11(15)10-23-25-17(27)9-16(26)24-14-4-2-3-12(8-14)18(20,21)22/h2-8,10H,9H2,1H3,(H,24,26)(H,25,27). The summed E-state index contributed by atoms with van der Waals surface area (Å²) in [6, 6.07) is 9.31. The Morgan fingerprint density at radius 1 is 1.18 bits per heavy atom. The van der Waals surface area contributed by atoms with E-state index in [1.165, 1.54) is 19.4 Å². The largest absolute Gasteiger partial charge is 0.496 e. The van der Waals surface area contributed by atoms with E-state index >= 15 is 0 Å². The van der Waals surface area contributed by atoms with Gasteiger partial charge in [-0.3, -0.25) is 9.59 Å². The quantitative estimate of drug-likeness (QED) is 0.391. The first-order valence-electron chi connectivity index (χ1n) is 7.81. The van der Waals surface area contributed by atoms with Gasteiger partial charge in [-0.2, -0.15) is 18.3 Å². The monoisotopic (exact) mass is 457 g/mol. The number of rotatable bonds is 6. The summed E-state index contributed by atoms with van der Waals surface area (Å²) in [6.45, 7) is 0. The van der Waals surface area contributed by atoms with Crippen LogP contribution in [0.2, 0.25) is 0 Å². The summed E-state index contributed by atoms with van der Waals surface area (Å²) in [5, 5.41) is 5.98. The number of alkyl halides is 3. The third-order valence-electron chi connectivity index (χ3n) is 3.38. The second-order valence-electron chi connectivity index (χ2n) is 5.48. The lowest BCUT2D eigenvalue weighted by Crippen LogP contribution is -2.24. The number of nitrogens with one attached hydrogen (secondary N) is 2. The van der Waals surface area contributed by atoms with Crippen LogP contribution in [0.25, 0.3) is 0 Å². The molecule has 6 nitrogen and oxygen atoms in total. The molecule has 0 bridgehead atoms. The molecule has 2 N–H and O–H groups in total. The second kappa shape index (κ2) is 9.36. The lowest BCUT2D eigenvalue weighted by Gasteiger charge is -2.09. The van der Waals surface area contributed by atoms with Gasteiger partial charge in [-0.05, 0) is 36.4 Å². The molecule has 2 rings (SSSR count). The van der Waals surface area contributed by atoms with Crippen LogP contribution in [0.3, 0.4) is 0 Å². The van der Waals surface area contributed by atoms with Gasteiger partial charge in [-0.25, -0.2) is 5.43 Å². The van der Waals surface area contributed by atoms with Crippen molar-refractivity contribution in [1.29, 1.82) is 0 Å². The summed E-state index contributed by atoms with van der Waals surface area (Å²) >= 11 is 3.30. The Morgan fingerprint density at radius 2 is 1.93 bits per heavy atom. The van der Waals surface area contributed by atoms with E-state index in [2.05, 4.69) is 31.8 Å². The Hall–Kier alpha value is -2.88. The summed E-state index contributed by atoms with van der Waals surface area (Å²) in [5.41, 5.74) is 1.80. The molecular weight excluding hydrogens is 443 g/mol. The fourth-order valence-corrected chi connectivity index (χ4v) is 2.52. The molecular formula is C18H15BrF3N3O3. The third-order valence-corrected chi connectivity index (χ3v) is 3.87. The van der Waals surface area contributed by atoms with Crippen molar-refractivity contribution in [2.75, 3.05) is 12.4 Å². The van der Waals surface area contributed by atoms with E-state index in [1.807, 2.05) is 0 Å². The zero-order chi connectivity index (χ0) is 20.7. The average molecular weight is 458 g/mol. The van der Waals surface area contributed by atoms with Crippen LogP contribution in [0.4, 0.5) is 18.9 Å². The Balaban J connectivity index is 1.91. The van der Waals surface area contributed by atoms with Crippen LogP contribution in [0, 0.1) is 0 Å². The Morgan fingerprint density at radius 3 is 2.61 bits per heavy atom. The van der Waals surface area contributed by atoms with Crippen LogP contribution in [0.15, 0.2) is 52.0 Å². The van der Waals surface area contributed by atoms with E-state index in [1.54, 1.807) is 18.2 Å². The van der Waals surface area contributed by atoms with Crippen LogP contribution in [-0.2, 0) is 15.8 Å². The van der Waals surface area contributed by atoms with Crippen molar-refractivity contribution < 1.29 is 27.5 Å². The highest BCUT2D eigenvalue weighted by molar-refractivity contribution is 9.10. The topological polar surface area (TPSA) is 79.8 Å². The number of halogens is 4. The Kier molecular flexibility index (Phi) is 7.16. The van der Waals surface area contributed by atoms with Gasteiger partial charge < -0.3 is 10.1 Å².